The van der Waals surface area contributed by atoms with E-state index in [0.717, 1.165) is 30.6 Å². The third-order valence-electron chi connectivity index (χ3n) is 3.32. The van der Waals surface area contributed by atoms with Gasteiger partial charge in [-0.15, -0.1) is 0 Å². The summed E-state index contributed by atoms with van der Waals surface area (Å²) < 4.78 is 0. The number of anilines is 1. The van der Waals surface area contributed by atoms with Gasteiger partial charge in [-0.1, -0.05) is 11.6 Å². The Bertz CT molecular complexity index is 451. The fraction of sp³-hybridized carbons (Fsp3) is 0.462. The van der Waals surface area contributed by atoms with Gasteiger partial charge in [0.05, 0.1) is 6.61 Å². The monoisotopic (exact) mass is 268 g/mol. The first-order valence-corrected chi connectivity index (χ1v) is 6.42. The van der Waals surface area contributed by atoms with E-state index in [9.17, 15) is 9.90 Å². The van der Waals surface area contributed by atoms with E-state index in [1.165, 1.54) is 0 Å². The predicted octanol–water partition coefficient (Wildman–Crippen LogP) is 1.55. The predicted molar refractivity (Wildman–Crippen MR) is 71.8 cm³/mol. The standard InChI is InChI=1S/C13H17ClN2O2/c1-15-13(18)12-3-2-6-16(12)11-5-4-10(14)7-9(11)8-17/h4-5,7,12,17H,2-3,6,8H2,1H3,(H,15,18). The second-order valence-corrected chi connectivity index (χ2v) is 4.83. The molecule has 2 N–H and O–H groups in total. The van der Waals surface area contributed by atoms with Crippen molar-refractivity contribution in [3.8, 4) is 0 Å². The van der Waals surface area contributed by atoms with Crippen LogP contribution in [0.5, 0.6) is 0 Å². The molecule has 1 aliphatic rings. The van der Waals surface area contributed by atoms with Crippen LogP contribution in [-0.2, 0) is 11.4 Å². The van der Waals surface area contributed by atoms with Crippen LogP contribution in [0.4, 0.5) is 5.69 Å². The zero-order valence-corrected chi connectivity index (χ0v) is 11.1. The minimum atomic E-state index is -0.151. The van der Waals surface area contributed by atoms with E-state index in [1.54, 1.807) is 19.2 Å². The lowest BCUT2D eigenvalue weighted by Gasteiger charge is -2.27. The number of nitrogens with one attached hydrogen (secondary N) is 1. The molecule has 0 radical (unpaired) electrons. The molecule has 5 heteroatoms. The van der Waals surface area contributed by atoms with Crippen LogP contribution in [0, 0.1) is 0 Å². The molecule has 0 spiro atoms. The number of aliphatic hydroxyl groups is 1. The Kier molecular flexibility index (Phi) is 4.09. The van der Waals surface area contributed by atoms with E-state index in [4.69, 9.17) is 11.6 Å². The molecule has 1 aliphatic heterocycles. The van der Waals surface area contributed by atoms with Crippen LogP contribution in [-0.4, -0.2) is 30.6 Å². The SMILES string of the molecule is CNC(=O)C1CCCN1c1ccc(Cl)cc1CO. The average molecular weight is 269 g/mol. The molecule has 0 bridgehead atoms. The number of halogens is 1. The van der Waals surface area contributed by atoms with E-state index < -0.39 is 0 Å². The molecule has 1 aromatic rings. The van der Waals surface area contributed by atoms with Crippen molar-refractivity contribution in [2.75, 3.05) is 18.5 Å². The highest BCUT2D eigenvalue weighted by Gasteiger charge is 2.31. The van der Waals surface area contributed by atoms with Crippen molar-refractivity contribution in [3.63, 3.8) is 0 Å². The molecular weight excluding hydrogens is 252 g/mol. The van der Waals surface area contributed by atoms with Crippen molar-refractivity contribution in [3.05, 3.63) is 28.8 Å². The number of carbonyl (C=O) groups excluding carboxylic acids is 1. The van der Waals surface area contributed by atoms with Gasteiger partial charge in [0, 0.05) is 29.9 Å². The third-order valence-corrected chi connectivity index (χ3v) is 3.56. The summed E-state index contributed by atoms with van der Waals surface area (Å²) in [6, 6.07) is 5.25. The van der Waals surface area contributed by atoms with Crippen LogP contribution in [0.2, 0.25) is 5.02 Å². The van der Waals surface area contributed by atoms with Gasteiger partial charge in [-0.3, -0.25) is 4.79 Å². The van der Waals surface area contributed by atoms with Crippen LogP contribution < -0.4 is 10.2 Å². The molecule has 0 aliphatic carbocycles. The number of likely N-dealkylation sites (N-methyl/N-ethyl adjacent to an activating group) is 1. The van der Waals surface area contributed by atoms with Crippen LogP contribution in [0.3, 0.4) is 0 Å². The van der Waals surface area contributed by atoms with Gasteiger partial charge in [0.1, 0.15) is 6.04 Å². The Morgan fingerprint density at radius 3 is 3.06 bits per heavy atom. The number of benzene rings is 1. The molecule has 1 amide bonds. The van der Waals surface area contributed by atoms with Gasteiger partial charge in [-0.2, -0.15) is 0 Å². The summed E-state index contributed by atoms with van der Waals surface area (Å²) in [4.78, 5) is 13.9. The van der Waals surface area contributed by atoms with Gasteiger partial charge in [-0.25, -0.2) is 0 Å². The second kappa shape index (κ2) is 5.59. The van der Waals surface area contributed by atoms with E-state index in [0.29, 0.717) is 5.02 Å². The molecule has 1 aromatic carbocycles. The molecule has 1 unspecified atom stereocenters. The molecule has 2 rings (SSSR count). The van der Waals surface area contributed by atoms with Gasteiger partial charge in [0.25, 0.3) is 0 Å². The largest absolute Gasteiger partial charge is 0.392 e. The van der Waals surface area contributed by atoms with Crippen molar-refractivity contribution in [1.82, 2.24) is 5.32 Å². The number of rotatable bonds is 3. The highest BCUT2D eigenvalue weighted by molar-refractivity contribution is 6.30. The van der Waals surface area contributed by atoms with Crippen LogP contribution in [0.15, 0.2) is 18.2 Å². The Labute approximate surface area is 112 Å². The highest BCUT2D eigenvalue weighted by atomic mass is 35.5. The molecule has 1 heterocycles. The van der Waals surface area contributed by atoms with Crippen molar-refractivity contribution in [1.29, 1.82) is 0 Å². The summed E-state index contributed by atoms with van der Waals surface area (Å²) in [6.45, 7) is 0.750. The molecule has 1 fully saturated rings. The Balaban J connectivity index is 2.32. The summed E-state index contributed by atoms with van der Waals surface area (Å²) in [5.74, 6) is 0.0198. The number of amides is 1. The molecule has 1 atom stereocenters. The summed E-state index contributed by atoms with van der Waals surface area (Å²) in [7, 11) is 1.65. The van der Waals surface area contributed by atoms with E-state index in [2.05, 4.69) is 5.32 Å². The van der Waals surface area contributed by atoms with Crippen LogP contribution in [0.1, 0.15) is 18.4 Å². The fourth-order valence-corrected chi connectivity index (χ4v) is 2.65. The molecule has 98 valence electrons. The van der Waals surface area contributed by atoms with Crippen molar-refractivity contribution < 1.29 is 9.90 Å². The highest BCUT2D eigenvalue weighted by Crippen LogP contribution is 2.30. The normalized spacial score (nSPS) is 19.1. The maximum absolute atomic E-state index is 11.8. The lowest BCUT2D eigenvalue weighted by atomic mass is 10.1. The van der Waals surface area contributed by atoms with E-state index in [1.807, 2.05) is 11.0 Å². The Hall–Kier alpha value is -1.26. The molecular formula is C13H17ClN2O2. The second-order valence-electron chi connectivity index (χ2n) is 4.40. The molecule has 0 aromatic heterocycles. The van der Waals surface area contributed by atoms with E-state index in [-0.39, 0.29) is 18.6 Å². The number of hydrogen-bond acceptors (Lipinski definition) is 3. The van der Waals surface area contributed by atoms with Crippen molar-refractivity contribution >= 4 is 23.2 Å². The first kappa shape index (κ1) is 13.2. The van der Waals surface area contributed by atoms with E-state index >= 15 is 0 Å². The minimum absolute atomic E-state index is 0.0198. The summed E-state index contributed by atoms with van der Waals surface area (Å²) in [5.41, 5.74) is 1.66. The third kappa shape index (κ3) is 2.44. The molecule has 4 nitrogen and oxygen atoms in total. The zero-order valence-electron chi connectivity index (χ0n) is 10.3. The number of carbonyl (C=O) groups is 1. The van der Waals surface area contributed by atoms with Crippen molar-refractivity contribution in [2.45, 2.75) is 25.5 Å². The topological polar surface area (TPSA) is 52.6 Å². The average Bonchev–Trinajstić information content (AvgIpc) is 2.86. The van der Waals surface area contributed by atoms with Crippen LogP contribution >= 0.6 is 11.6 Å². The number of hydrogen-bond donors (Lipinski definition) is 2. The summed E-state index contributed by atoms with van der Waals surface area (Å²) in [5, 5.41) is 12.7. The first-order chi connectivity index (χ1) is 8.67. The Morgan fingerprint density at radius 2 is 2.39 bits per heavy atom. The molecule has 18 heavy (non-hydrogen) atoms. The minimum Gasteiger partial charge on any atom is -0.392 e. The van der Waals surface area contributed by atoms with Gasteiger partial charge in [0.2, 0.25) is 5.91 Å². The number of aliphatic hydroxyl groups excluding tert-OH is 1. The molecule has 0 saturated carbocycles. The van der Waals surface area contributed by atoms with Gasteiger partial charge in [-0.05, 0) is 31.0 Å². The van der Waals surface area contributed by atoms with Crippen molar-refractivity contribution in [2.24, 2.45) is 0 Å². The maximum Gasteiger partial charge on any atom is 0.242 e. The maximum atomic E-state index is 11.8. The summed E-state index contributed by atoms with van der Waals surface area (Å²) in [6.07, 6.45) is 1.82. The van der Waals surface area contributed by atoms with Crippen LogP contribution in [0.25, 0.3) is 0 Å². The first-order valence-electron chi connectivity index (χ1n) is 6.05. The Morgan fingerprint density at radius 1 is 1.61 bits per heavy atom. The van der Waals surface area contributed by atoms with Gasteiger partial charge in [0.15, 0.2) is 0 Å². The summed E-state index contributed by atoms with van der Waals surface area (Å²) >= 11 is 5.92. The number of nitrogens with zero attached hydrogens (tertiary/aromatic N) is 1. The molecule has 1 saturated heterocycles. The smallest absolute Gasteiger partial charge is 0.242 e. The lowest BCUT2D eigenvalue weighted by molar-refractivity contribution is -0.121. The van der Waals surface area contributed by atoms with Gasteiger partial charge >= 0.3 is 0 Å². The zero-order chi connectivity index (χ0) is 13.1. The lowest BCUT2D eigenvalue weighted by Crippen LogP contribution is -2.42. The van der Waals surface area contributed by atoms with Gasteiger partial charge < -0.3 is 15.3 Å². The quantitative estimate of drug-likeness (QED) is 0.875. The fourth-order valence-electron chi connectivity index (χ4n) is 2.46.